The highest BCUT2D eigenvalue weighted by Gasteiger charge is 2.38. The Morgan fingerprint density at radius 3 is 2.58 bits per heavy atom. The molecule has 1 fully saturated rings. The van der Waals surface area contributed by atoms with Crippen LogP contribution in [0.5, 0.6) is 0 Å². The van der Waals surface area contributed by atoms with Crippen LogP contribution in [-0.4, -0.2) is 43.3 Å². The first-order chi connectivity index (χ1) is 15.6. The van der Waals surface area contributed by atoms with Gasteiger partial charge < -0.3 is 14.6 Å². The number of hydrogen-bond donors (Lipinski definition) is 1. The summed E-state index contributed by atoms with van der Waals surface area (Å²) in [5.41, 5.74) is 0.418. The fraction of sp³-hybridized carbons (Fsp3) is 0.348. The van der Waals surface area contributed by atoms with E-state index >= 15 is 0 Å². The van der Waals surface area contributed by atoms with Gasteiger partial charge in [0.1, 0.15) is 5.82 Å². The number of alkyl halides is 3. The van der Waals surface area contributed by atoms with E-state index in [0.717, 1.165) is 17.7 Å². The minimum Gasteiger partial charge on any atom is -0.391 e. The van der Waals surface area contributed by atoms with E-state index in [9.17, 15) is 23.1 Å². The topological polar surface area (TPSA) is 71.2 Å². The van der Waals surface area contributed by atoms with Crippen molar-refractivity contribution in [1.29, 1.82) is 0 Å². The van der Waals surface area contributed by atoms with Crippen molar-refractivity contribution < 1.29 is 23.1 Å². The maximum atomic E-state index is 13.1. The van der Waals surface area contributed by atoms with E-state index in [4.69, 9.17) is 11.6 Å². The first kappa shape index (κ1) is 23.3. The molecule has 33 heavy (non-hydrogen) atoms. The van der Waals surface area contributed by atoms with E-state index in [-0.39, 0.29) is 30.9 Å². The minimum absolute atomic E-state index is 0.0787. The molecule has 174 valence electrons. The highest BCUT2D eigenvalue weighted by Crippen LogP contribution is 2.33. The number of aryl methyl sites for hydroxylation is 1. The predicted molar refractivity (Wildman–Crippen MR) is 116 cm³/mol. The molecule has 6 nitrogen and oxygen atoms in total. The van der Waals surface area contributed by atoms with Crippen molar-refractivity contribution in [2.75, 3.05) is 6.54 Å². The number of aromatic nitrogens is 3. The molecule has 1 amide bonds. The Balaban J connectivity index is 1.57. The zero-order valence-corrected chi connectivity index (χ0v) is 18.5. The van der Waals surface area contributed by atoms with E-state index in [2.05, 4.69) is 10.2 Å². The molecule has 3 aromatic rings. The minimum atomic E-state index is -4.49. The van der Waals surface area contributed by atoms with E-state index in [0.29, 0.717) is 23.2 Å². The average Bonchev–Trinajstić information content (AvgIpc) is 3.32. The van der Waals surface area contributed by atoms with Gasteiger partial charge in [-0.3, -0.25) is 4.79 Å². The van der Waals surface area contributed by atoms with Crippen LogP contribution in [0.2, 0.25) is 5.02 Å². The van der Waals surface area contributed by atoms with Crippen molar-refractivity contribution >= 4 is 17.5 Å². The Kier molecular flexibility index (Phi) is 6.45. The van der Waals surface area contributed by atoms with Crippen LogP contribution in [-0.2, 0) is 23.9 Å². The van der Waals surface area contributed by atoms with E-state index in [1.165, 1.54) is 17.0 Å². The number of likely N-dealkylation sites (tertiary alicyclic amines) is 1. The van der Waals surface area contributed by atoms with Gasteiger partial charge in [-0.15, -0.1) is 10.2 Å². The monoisotopic (exact) mass is 478 g/mol. The summed E-state index contributed by atoms with van der Waals surface area (Å²) >= 11 is 5.97. The van der Waals surface area contributed by atoms with Crippen LogP contribution in [0.1, 0.15) is 40.8 Å². The lowest BCUT2D eigenvalue weighted by Gasteiger charge is -2.25. The standard InChI is InChI=1S/C23H22ClF3N4O2/c1-14-28-29-22(30(14)12-15-5-7-18(24)8-6-15)20-11-19(32)13-31(20)21(33)10-16-3-2-4-17(9-16)23(25,26)27/h2-9,19-20,32H,10-13H2,1H3/t19-,20?/m0/s1. The molecule has 2 atom stereocenters. The molecule has 4 rings (SSSR count). The number of rotatable bonds is 5. The smallest absolute Gasteiger partial charge is 0.391 e. The molecule has 0 bridgehead atoms. The second-order valence-corrected chi connectivity index (χ2v) is 8.58. The summed E-state index contributed by atoms with van der Waals surface area (Å²) in [4.78, 5) is 14.6. The van der Waals surface area contributed by atoms with Crippen LogP contribution >= 0.6 is 11.6 Å². The molecule has 0 radical (unpaired) electrons. The van der Waals surface area contributed by atoms with Crippen LogP contribution in [0.4, 0.5) is 13.2 Å². The molecular formula is C23H22ClF3N4O2. The number of hydrogen-bond acceptors (Lipinski definition) is 4. The highest BCUT2D eigenvalue weighted by molar-refractivity contribution is 6.30. The molecule has 10 heteroatoms. The van der Waals surface area contributed by atoms with Gasteiger partial charge in [0.15, 0.2) is 5.82 Å². The fourth-order valence-electron chi connectivity index (χ4n) is 4.08. The number of carbonyl (C=O) groups excluding carboxylic acids is 1. The lowest BCUT2D eigenvalue weighted by Crippen LogP contribution is -2.34. The van der Waals surface area contributed by atoms with Gasteiger partial charge in [-0.2, -0.15) is 13.2 Å². The zero-order chi connectivity index (χ0) is 23.8. The van der Waals surface area contributed by atoms with Gasteiger partial charge >= 0.3 is 6.18 Å². The van der Waals surface area contributed by atoms with Crippen molar-refractivity contribution in [2.45, 2.75) is 44.6 Å². The van der Waals surface area contributed by atoms with E-state index in [1.807, 2.05) is 16.7 Å². The van der Waals surface area contributed by atoms with Crippen LogP contribution in [0.15, 0.2) is 48.5 Å². The number of aliphatic hydroxyl groups excluding tert-OH is 1. The van der Waals surface area contributed by atoms with Crippen molar-refractivity contribution in [3.63, 3.8) is 0 Å². The number of benzene rings is 2. The Morgan fingerprint density at radius 2 is 1.88 bits per heavy atom. The lowest BCUT2D eigenvalue weighted by molar-refractivity contribution is -0.138. The van der Waals surface area contributed by atoms with Gasteiger partial charge in [-0.25, -0.2) is 0 Å². The number of aliphatic hydroxyl groups is 1. The molecule has 1 aliphatic heterocycles. The molecule has 1 aromatic heterocycles. The summed E-state index contributed by atoms with van der Waals surface area (Å²) in [6.45, 7) is 2.33. The van der Waals surface area contributed by atoms with Crippen LogP contribution < -0.4 is 0 Å². The number of amides is 1. The van der Waals surface area contributed by atoms with Gasteiger partial charge in [0, 0.05) is 18.0 Å². The third-order valence-corrected chi connectivity index (χ3v) is 5.98. The summed E-state index contributed by atoms with van der Waals surface area (Å²) in [6, 6.07) is 11.5. The summed E-state index contributed by atoms with van der Waals surface area (Å²) in [6.07, 6.45) is -5.19. The molecule has 2 aromatic carbocycles. The highest BCUT2D eigenvalue weighted by atomic mass is 35.5. The van der Waals surface area contributed by atoms with Gasteiger partial charge in [0.25, 0.3) is 0 Å². The number of nitrogens with zero attached hydrogens (tertiary/aromatic N) is 4. The molecular weight excluding hydrogens is 457 g/mol. The van der Waals surface area contributed by atoms with Crippen molar-refractivity contribution in [2.24, 2.45) is 0 Å². The second-order valence-electron chi connectivity index (χ2n) is 8.14. The summed E-state index contributed by atoms with van der Waals surface area (Å²) in [5.74, 6) is 0.789. The maximum Gasteiger partial charge on any atom is 0.416 e. The van der Waals surface area contributed by atoms with Crippen molar-refractivity contribution in [3.05, 3.63) is 81.9 Å². The molecule has 0 spiro atoms. The molecule has 2 heterocycles. The van der Waals surface area contributed by atoms with Crippen LogP contribution in [0.25, 0.3) is 0 Å². The van der Waals surface area contributed by atoms with Crippen molar-refractivity contribution in [3.8, 4) is 0 Å². The Morgan fingerprint density at radius 1 is 1.15 bits per heavy atom. The molecule has 0 aliphatic carbocycles. The van der Waals surface area contributed by atoms with E-state index < -0.39 is 23.9 Å². The van der Waals surface area contributed by atoms with Gasteiger partial charge in [-0.1, -0.05) is 41.9 Å². The van der Waals surface area contributed by atoms with Gasteiger partial charge in [0.05, 0.1) is 30.7 Å². The predicted octanol–water partition coefficient (Wildman–Crippen LogP) is 4.18. The van der Waals surface area contributed by atoms with Gasteiger partial charge in [-0.05, 0) is 36.2 Å². The average molecular weight is 479 g/mol. The number of halogens is 4. The molecule has 1 aliphatic rings. The summed E-state index contributed by atoms with van der Waals surface area (Å²) in [5, 5.41) is 19.3. The summed E-state index contributed by atoms with van der Waals surface area (Å²) in [7, 11) is 0. The molecule has 1 unspecified atom stereocenters. The first-order valence-corrected chi connectivity index (χ1v) is 10.8. The Hall–Kier alpha value is -2.91. The lowest BCUT2D eigenvalue weighted by atomic mass is 10.1. The zero-order valence-electron chi connectivity index (χ0n) is 17.8. The Bertz CT molecular complexity index is 1150. The molecule has 0 saturated carbocycles. The molecule has 1 N–H and O–H groups in total. The largest absolute Gasteiger partial charge is 0.416 e. The quantitative estimate of drug-likeness (QED) is 0.597. The van der Waals surface area contributed by atoms with E-state index in [1.54, 1.807) is 19.1 Å². The third-order valence-electron chi connectivity index (χ3n) is 5.73. The number of carbonyl (C=O) groups is 1. The number of β-amino-alcohol motifs (C(OH)–C–C–N with tert-alkyl or cyclic N) is 1. The molecule has 1 saturated heterocycles. The second kappa shape index (κ2) is 9.15. The third kappa shape index (κ3) is 5.20. The summed E-state index contributed by atoms with van der Waals surface area (Å²) < 4.78 is 41.0. The van der Waals surface area contributed by atoms with Gasteiger partial charge in [0.2, 0.25) is 5.91 Å². The fourth-order valence-corrected chi connectivity index (χ4v) is 4.21. The normalized spacial score (nSPS) is 18.7. The Labute approximate surface area is 193 Å². The maximum absolute atomic E-state index is 13.1. The van der Waals surface area contributed by atoms with Crippen molar-refractivity contribution in [1.82, 2.24) is 19.7 Å². The first-order valence-electron chi connectivity index (χ1n) is 10.4. The van der Waals surface area contributed by atoms with Crippen LogP contribution in [0.3, 0.4) is 0 Å². The van der Waals surface area contributed by atoms with Crippen LogP contribution in [0, 0.1) is 6.92 Å². The SMILES string of the molecule is Cc1nnc(C2C[C@H](O)CN2C(=O)Cc2cccc(C(F)(F)F)c2)n1Cc1ccc(Cl)cc1.